The molecule has 0 spiro atoms. The lowest BCUT2D eigenvalue weighted by Crippen LogP contribution is -2.35. The van der Waals surface area contributed by atoms with Crippen LogP contribution < -0.4 is 11.1 Å². The van der Waals surface area contributed by atoms with Crippen molar-refractivity contribution < 1.29 is 4.79 Å². The molecule has 5 heteroatoms. The Bertz CT molecular complexity index is 209. The number of carbonyl (C=O) groups is 1. The van der Waals surface area contributed by atoms with E-state index >= 15 is 0 Å². The highest BCUT2D eigenvalue weighted by Gasteiger charge is 2.04. The molecular weight excluding hydrogens is 210 g/mol. The van der Waals surface area contributed by atoms with Crippen LogP contribution in [0.4, 0.5) is 0 Å². The molecule has 0 unspecified atom stereocenters. The summed E-state index contributed by atoms with van der Waals surface area (Å²) in [7, 11) is 1.94. The second kappa shape index (κ2) is 8.61. The molecule has 0 fully saturated rings. The lowest BCUT2D eigenvalue weighted by atomic mass is 10.2. The van der Waals surface area contributed by atoms with Crippen molar-refractivity contribution in [3.05, 3.63) is 0 Å². The molecule has 3 N–H and O–H groups in total. The predicted octanol–water partition coefficient (Wildman–Crippen LogP) is 0.511. The number of nitrogens with one attached hydrogen (secondary N) is 1. The molecule has 0 aromatic heterocycles. The van der Waals surface area contributed by atoms with Crippen molar-refractivity contribution in [3.63, 3.8) is 0 Å². The van der Waals surface area contributed by atoms with E-state index < -0.39 is 0 Å². The van der Waals surface area contributed by atoms with Crippen molar-refractivity contribution in [2.45, 2.75) is 26.2 Å². The molecule has 0 radical (unpaired) electrons. The molecular formula is C10H21N3OS. The first-order valence-electron chi connectivity index (χ1n) is 5.29. The Kier molecular flexibility index (Phi) is 8.22. The van der Waals surface area contributed by atoms with Crippen LogP contribution in [0.15, 0.2) is 0 Å². The first-order chi connectivity index (χ1) is 7.06. The molecule has 0 heterocycles. The van der Waals surface area contributed by atoms with Crippen LogP contribution in [-0.2, 0) is 4.79 Å². The van der Waals surface area contributed by atoms with Crippen LogP contribution in [0.1, 0.15) is 26.2 Å². The first-order valence-corrected chi connectivity index (χ1v) is 5.70. The molecule has 0 rings (SSSR count). The Balaban J connectivity index is 3.44. The number of nitrogens with two attached hydrogens (primary N) is 1. The summed E-state index contributed by atoms with van der Waals surface area (Å²) in [4.78, 5) is 13.8. The third kappa shape index (κ3) is 9.62. The Morgan fingerprint density at radius 2 is 2.13 bits per heavy atom. The van der Waals surface area contributed by atoms with Crippen molar-refractivity contribution in [3.8, 4) is 0 Å². The maximum Gasteiger partial charge on any atom is 0.234 e. The van der Waals surface area contributed by atoms with Crippen molar-refractivity contribution in [2.24, 2.45) is 5.73 Å². The first kappa shape index (κ1) is 14.3. The number of amides is 1. The van der Waals surface area contributed by atoms with Crippen molar-refractivity contribution in [2.75, 3.05) is 26.7 Å². The van der Waals surface area contributed by atoms with Gasteiger partial charge in [-0.15, -0.1) is 0 Å². The van der Waals surface area contributed by atoms with Crippen LogP contribution in [0.5, 0.6) is 0 Å². The van der Waals surface area contributed by atoms with Gasteiger partial charge < -0.3 is 11.1 Å². The molecule has 0 aromatic carbocycles. The number of hydrogen-bond acceptors (Lipinski definition) is 3. The Morgan fingerprint density at radius 3 is 2.67 bits per heavy atom. The van der Waals surface area contributed by atoms with Gasteiger partial charge in [-0.3, -0.25) is 9.69 Å². The summed E-state index contributed by atoms with van der Waals surface area (Å²) in [5.74, 6) is 0.0781. The van der Waals surface area contributed by atoms with E-state index in [2.05, 4.69) is 5.32 Å². The van der Waals surface area contributed by atoms with E-state index in [-0.39, 0.29) is 5.91 Å². The van der Waals surface area contributed by atoms with Crippen LogP contribution in [0.25, 0.3) is 0 Å². The van der Waals surface area contributed by atoms with Gasteiger partial charge in [0.25, 0.3) is 0 Å². The number of likely N-dealkylation sites (N-methyl/N-ethyl adjacent to an activating group) is 2. The van der Waals surface area contributed by atoms with Gasteiger partial charge >= 0.3 is 0 Å². The fourth-order valence-electron chi connectivity index (χ4n) is 1.26. The standard InChI is InChI=1S/C10H21N3OS/c1-3-12-10(14)8-13(2)7-5-4-6-9(11)15/h3-8H2,1-2H3,(H2,11,15)(H,12,14). The highest BCUT2D eigenvalue weighted by molar-refractivity contribution is 7.80. The maximum atomic E-state index is 11.2. The van der Waals surface area contributed by atoms with E-state index in [1.807, 2.05) is 18.9 Å². The molecule has 0 aliphatic carbocycles. The van der Waals surface area contributed by atoms with E-state index in [4.69, 9.17) is 18.0 Å². The van der Waals surface area contributed by atoms with Gasteiger partial charge in [-0.2, -0.15) is 0 Å². The van der Waals surface area contributed by atoms with Gasteiger partial charge in [-0.1, -0.05) is 12.2 Å². The van der Waals surface area contributed by atoms with Crippen LogP contribution in [0.3, 0.4) is 0 Å². The predicted molar refractivity (Wildman–Crippen MR) is 66.8 cm³/mol. The van der Waals surface area contributed by atoms with Crippen LogP contribution in [0, 0.1) is 0 Å². The molecule has 0 aliphatic heterocycles. The zero-order chi connectivity index (χ0) is 11.7. The largest absolute Gasteiger partial charge is 0.393 e. The molecule has 15 heavy (non-hydrogen) atoms. The van der Waals surface area contributed by atoms with Gasteiger partial charge in [0.1, 0.15) is 0 Å². The molecule has 0 atom stereocenters. The van der Waals surface area contributed by atoms with Crippen LogP contribution in [0.2, 0.25) is 0 Å². The highest BCUT2D eigenvalue weighted by Crippen LogP contribution is 1.97. The average molecular weight is 231 g/mol. The summed E-state index contributed by atoms with van der Waals surface area (Å²) in [6.07, 6.45) is 2.81. The third-order valence-corrected chi connectivity index (χ3v) is 2.20. The topological polar surface area (TPSA) is 58.4 Å². The molecule has 88 valence electrons. The van der Waals surface area contributed by atoms with Gasteiger partial charge in [0.2, 0.25) is 5.91 Å². The minimum absolute atomic E-state index is 0.0781. The Hall–Kier alpha value is -0.680. The smallest absolute Gasteiger partial charge is 0.234 e. The van der Waals surface area contributed by atoms with E-state index in [0.717, 1.165) is 25.8 Å². The Labute approximate surface area is 97.2 Å². The third-order valence-electron chi connectivity index (χ3n) is 2.00. The fourth-order valence-corrected chi connectivity index (χ4v) is 1.40. The minimum atomic E-state index is 0.0781. The van der Waals surface area contributed by atoms with Crippen molar-refractivity contribution in [1.29, 1.82) is 0 Å². The van der Waals surface area contributed by atoms with Crippen LogP contribution in [-0.4, -0.2) is 42.5 Å². The van der Waals surface area contributed by atoms with Gasteiger partial charge in [0.05, 0.1) is 11.5 Å². The number of thiocarbonyl (C=S) groups is 1. The number of rotatable bonds is 8. The zero-order valence-corrected chi connectivity index (χ0v) is 10.4. The van der Waals surface area contributed by atoms with Gasteiger partial charge in [-0.25, -0.2) is 0 Å². The van der Waals surface area contributed by atoms with E-state index in [9.17, 15) is 4.79 Å². The van der Waals surface area contributed by atoms with Gasteiger partial charge in [0.15, 0.2) is 0 Å². The Morgan fingerprint density at radius 1 is 1.47 bits per heavy atom. The summed E-state index contributed by atoms with van der Waals surface area (Å²) >= 11 is 4.78. The number of nitrogens with zero attached hydrogens (tertiary/aromatic N) is 1. The number of unbranched alkanes of at least 4 members (excludes halogenated alkanes) is 1. The SMILES string of the molecule is CCNC(=O)CN(C)CCCCC(N)=S. The quantitative estimate of drug-likeness (QED) is 0.472. The summed E-state index contributed by atoms with van der Waals surface area (Å²) < 4.78 is 0. The second-order valence-electron chi connectivity index (χ2n) is 3.61. The molecule has 0 saturated carbocycles. The summed E-state index contributed by atoms with van der Waals surface area (Å²) in [6.45, 7) is 3.97. The van der Waals surface area contributed by atoms with Crippen molar-refractivity contribution in [1.82, 2.24) is 10.2 Å². The van der Waals surface area contributed by atoms with Gasteiger partial charge in [-0.05, 0) is 39.8 Å². The summed E-state index contributed by atoms with van der Waals surface area (Å²) in [5, 5.41) is 2.76. The molecule has 0 saturated heterocycles. The minimum Gasteiger partial charge on any atom is -0.393 e. The zero-order valence-electron chi connectivity index (χ0n) is 9.58. The van der Waals surface area contributed by atoms with E-state index in [1.54, 1.807) is 0 Å². The number of carbonyl (C=O) groups excluding carboxylic acids is 1. The maximum absolute atomic E-state index is 11.2. The summed E-state index contributed by atoms with van der Waals surface area (Å²) in [5.41, 5.74) is 5.38. The normalized spacial score (nSPS) is 10.3. The van der Waals surface area contributed by atoms with Gasteiger partial charge in [0, 0.05) is 6.54 Å². The second-order valence-corrected chi connectivity index (χ2v) is 4.14. The average Bonchev–Trinajstić information content (AvgIpc) is 2.12. The monoisotopic (exact) mass is 231 g/mol. The highest BCUT2D eigenvalue weighted by atomic mass is 32.1. The summed E-state index contributed by atoms with van der Waals surface area (Å²) in [6, 6.07) is 0. The lowest BCUT2D eigenvalue weighted by molar-refractivity contribution is -0.121. The van der Waals surface area contributed by atoms with Crippen LogP contribution >= 0.6 is 12.2 Å². The van der Waals surface area contributed by atoms with E-state index in [1.165, 1.54) is 0 Å². The van der Waals surface area contributed by atoms with E-state index in [0.29, 0.717) is 18.1 Å². The molecule has 4 nitrogen and oxygen atoms in total. The molecule has 0 aromatic rings. The fraction of sp³-hybridized carbons (Fsp3) is 0.800. The van der Waals surface area contributed by atoms with Crippen molar-refractivity contribution >= 4 is 23.1 Å². The lowest BCUT2D eigenvalue weighted by Gasteiger charge is -2.15. The molecule has 1 amide bonds. The molecule has 0 aliphatic rings. The molecule has 0 bridgehead atoms. The number of hydrogen-bond donors (Lipinski definition) is 2.